The molecule has 7 nitrogen and oxygen atoms in total. The van der Waals surface area contributed by atoms with Gasteiger partial charge in [-0.1, -0.05) is 23.2 Å². The number of hydrogen-bond donors (Lipinski definition) is 2. The number of non-ortho nitro benzene ring substituents is 1. The Balaban J connectivity index is 1.68. The van der Waals surface area contributed by atoms with Gasteiger partial charge in [-0.05, 0) is 24.3 Å². The van der Waals surface area contributed by atoms with E-state index >= 15 is 0 Å². The average Bonchev–Trinajstić information content (AvgIpc) is 2.60. The van der Waals surface area contributed by atoms with Crippen molar-refractivity contribution in [2.45, 2.75) is 0 Å². The zero-order chi connectivity index (χ0) is 18.2. The molecule has 0 saturated heterocycles. The van der Waals surface area contributed by atoms with Gasteiger partial charge >= 0.3 is 0 Å². The van der Waals surface area contributed by atoms with Crippen LogP contribution in [0.1, 0.15) is 0 Å². The summed E-state index contributed by atoms with van der Waals surface area (Å²) in [5.41, 5.74) is 0.748. The third-order valence-corrected chi connectivity index (χ3v) is 3.65. The fourth-order valence-electron chi connectivity index (χ4n) is 1.89. The van der Waals surface area contributed by atoms with Gasteiger partial charge < -0.3 is 15.4 Å². The number of benzene rings is 2. The number of nitro benzene ring substituents is 1. The van der Waals surface area contributed by atoms with E-state index in [1.54, 1.807) is 24.3 Å². The standard InChI is InChI=1S/C16H15Cl2N3O4/c17-11-1-6-14(18)15(9-11)25-10-16(22)20-8-7-19-12-2-4-13(5-3-12)21(23)24/h1-6,9,19H,7-8,10H2,(H,20,22). The number of ether oxygens (including phenoxy) is 1. The Kier molecular flexibility index (Phi) is 6.85. The predicted molar refractivity (Wildman–Crippen MR) is 96.6 cm³/mol. The molecule has 1 amide bonds. The number of nitrogens with zero attached hydrogens (tertiary/aromatic N) is 1. The van der Waals surface area contributed by atoms with E-state index in [0.29, 0.717) is 28.9 Å². The Hall–Kier alpha value is -2.51. The summed E-state index contributed by atoms with van der Waals surface area (Å²) in [6.45, 7) is 0.640. The molecular weight excluding hydrogens is 369 g/mol. The first-order valence-electron chi connectivity index (χ1n) is 7.28. The van der Waals surface area contributed by atoms with Gasteiger partial charge in [0.2, 0.25) is 0 Å². The molecule has 0 fully saturated rings. The SMILES string of the molecule is O=C(COc1cc(Cl)ccc1Cl)NCCNc1ccc([N+](=O)[O-])cc1. The maximum absolute atomic E-state index is 11.7. The van der Waals surface area contributed by atoms with Gasteiger partial charge in [0.25, 0.3) is 11.6 Å². The quantitative estimate of drug-likeness (QED) is 0.413. The van der Waals surface area contributed by atoms with Gasteiger partial charge in [0, 0.05) is 42.0 Å². The number of halogens is 2. The molecule has 0 aliphatic heterocycles. The van der Waals surface area contributed by atoms with Crippen LogP contribution < -0.4 is 15.4 Å². The molecule has 0 spiro atoms. The fourth-order valence-corrected chi connectivity index (χ4v) is 2.23. The first kappa shape index (κ1) is 18.8. The van der Waals surface area contributed by atoms with Crippen molar-refractivity contribution in [2.24, 2.45) is 0 Å². The third-order valence-electron chi connectivity index (χ3n) is 3.11. The molecule has 0 unspecified atom stereocenters. The van der Waals surface area contributed by atoms with Crippen LogP contribution in [0.15, 0.2) is 42.5 Å². The molecule has 0 aromatic heterocycles. The minimum Gasteiger partial charge on any atom is -0.482 e. The van der Waals surface area contributed by atoms with E-state index in [1.165, 1.54) is 18.2 Å². The molecule has 0 saturated carbocycles. The van der Waals surface area contributed by atoms with E-state index in [4.69, 9.17) is 27.9 Å². The molecule has 0 heterocycles. The Labute approximate surface area is 154 Å². The van der Waals surface area contributed by atoms with Gasteiger partial charge in [0.05, 0.1) is 9.95 Å². The molecule has 0 bridgehead atoms. The summed E-state index contributed by atoms with van der Waals surface area (Å²) in [5.74, 6) is 0.0369. The van der Waals surface area contributed by atoms with Crippen LogP contribution in [0.5, 0.6) is 5.75 Å². The lowest BCUT2D eigenvalue weighted by Gasteiger charge is -2.10. The molecule has 132 valence electrons. The second-order valence-corrected chi connectivity index (χ2v) is 5.79. The number of nitro groups is 1. The molecule has 0 atom stereocenters. The van der Waals surface area contributed by atoms with Crippen molar-refractivity contribution in [2.75, 3.05) is 25.0 Å². The van der Waals surface area contributed by atoms with E-state index in [0.717, 1.165) is 5.69 Å². The number of hydrogen-bond acceptors (Lipinski definition) is 5. The molecule has 9 heteroatoms. The second-order valence-electron chi connectivity index (χ2n) is 4.94. The van der Waals surface area contributed by atoms with Crippen LogP contribution in [-0.4, -0.2) is 30.5 Å². The summed E-state index contributed by atoms with van der Waals surface area (Å²) in [6, 6.07) is 10.8. The molecule has 2 aromatic carbocycles. The van der Waals surface area contributed by atoms with Gasteiger partial charge in [-0.15, -0.1) is 0 Å². The highest BCUT2D eigenvalue weighted by molar-refractivity contribution is 6.34. The zero-order valence-corrected chi connectivity index (χ0v) is 14.5. The third kappa shape index (κ3) is 6.13. The smallest absolute Gasteiger partial charge is 0.269 e. The van der Waals surface area contributed by atoms with Crippen LogP contribution in [0.25, 0.3) is 0 Å². The van der Waals surface area contributed by atoms with E-state index < -0.39 is 4.92 Å². The van der Waals surface area contributed by atoms with Gasteiger partial charge in [0.15, 0.2) is 6.61 Å². The minimum atomic E-state index is -0.462. The largest absolute Gasteiger partial charge is 0.482 e. The summed E-state index contributed by atoms with van der Waals surface area (Å²) >= 11 is 11.8. The molecule has 2 aromatic rings. The lowest BCUT2D eigenvalue weighted by Crippen LogP contribution is -2.32. The number of nitrogens with one attached hydrogen (secondary N) is 2. The van der Waals surface area contributed by atoms with Gasteiger partial charge in [-0.3, -0.25) is 14.9 Å². The van der Waals surface area contributed by atoms with Gasteiger partial charge in [-0.2, -0.15) is 0 Å². The first-order valence-corrected chi connectivity index (χ1v) is 8.04. The highest BCUT2D eigenvalue weighted by Crippen LogP contribution is 2.27. The Bertz CT molecular complexity index is 754. The zero-order valence-electron chi connectivity index (χ0n) is 13.0. The van der Waals surface area contributed by atoms with Crippen molar-refractivity contribution in [3.63, 3.8) is 0 Å². The van der Waals surface area contributed by atoms with E-state index in [-0.39, 0.29) is 18.2 Å². The Morgan fingerprint density at radius 1 is 1.12 bits per heavy atom. The molecule has 2 rings (SSSR count). The summed E-state index contributed by atoms with van der Waals surface area (Å²) in [5, 5.41) is 17.1. The number of amides is 1. The lowest BCUT2D eigenvalue weighted by atomic mass is 10.3. The summed E-state index contributed by atoms with van der Waals surface area (Å²) < 4.78 is 5.32. The van der Waals surface area contributed by atoms with Crippen LogP contribution in [0.3, 0.4) is 0 Å². The van der Waals surface area contributed by atoms with E-state index in [2.05, 4.69) is 10.6 Å². The second kappa shape index (κ2) is 9.10. The molecule has 2 N–H and O–H groups in total. The number of carbonyl (C=O) groups excluding carboxylic acids is 1. The number of anilines is 1. The van der Waals surface area contributed by atoms with E-state index in [1.807, 2.05) is 0 Å². The predicted octanol–water partition coefficient (Wildman–Crippen LogP) is 3.51. The Morgan fingerprint density at radius 2 is 1.84 bits per heavy atom. The molecular formula is C16H15Cl2N3O4. The topological polar surface area (TPSA) is 93.5 Å². The van der Waals surface area contributed by atoms with Crippen LogP contribution >= 0.6 is 23.2 Å². The fraction of sp³-hybridized carbons (Fsp3) is 0.188. The van der Waals surface area contributed by atoms with Crippen LogP contribution in [0, 0.1) is 10.1 Å². The van der Waals surface area contributed by atoms with Crippen LogP contribution in [0.2, 0.25) is 10.0 Å². The van der Waals surface area contributed by atoms with Crippen molar-refractivity contribution in [3.05, 3.63) is 62.6 Å². The average molecular weight is 384 g/mol. The molecule has 0 aliphatic carbocycles. The molecule has 0 radical (unpaired) electrons. The number of rotatable bonds is 8. The molecule has 0 aliphatic rings. The highest BCUT2D eigenvalue weighted by Gasteiger charge is 2.07. The van der Waals surface area contributed by atoms with Crippen molar-refractivity contribution in [3.8, 4) is 5.75 Å². The van der Waals surface area contributed by atoms with Crippen molar-refractivity contribution in [1.82, 2.24) is 5.32 Å². The van der Waals surface area contributed by atoms with Crippen molar-refractivity contribution in [1.29, 1.82) is 0 Å². The minimum absolute atomic E-state index is 0.0238. The van der Waals surface area contributed by atoms with E-state index in [9.17, 15) is 14.9 Å². The van der Waals surface area contributed by atoms with Crippen LogP contribution in [-0.2, 0) is 4.79 Å². The maximum Gasteiger partial charge on any atom is 0.269 e. The van der Waals surface area contributed by atoms with Crippen LogP contribution in [0.4, 0.5) is 11.4 Å². The first-order chi connectivity index (χ1) is 12.0. The van der Waals surface area contributed by atoms with Crippen molar-refractivity contribution >= 4 is 40.5 Å². The van der Waals surface area contributed by atoms with Crippen molar-refractivity contribution < 1.29 is 14.5 Å². The molecule has 25 heavy (non-hydrogen) atoms. The number of carbonyl (C=O) groups is 1. The van der Waals surface area contributed by atoms with Gasteiger partial charge in [-0.25, -0.2) is 0 Å². The Morgan fingerprint density at radius 3 is 2.52 bits per heavy atom. The summed E-state index contributed by atoms with van der Waals surface area (Å²) in [6.07, 6.45) is 0. The summed E-state index contributed by atoms with van der Waals surface area (Å²) in [7, 11) is 0. The highest BCUT2D eigenvalue weighted by atomic mass is 35.5. The summed E-state index contributed by atoms with van der Waals surface area (Å²) in [4.78, 5) is 21.8. The normalized spacial score (nSPS) is 10.2. The lowest BCUT2D eigenvalue weighted by molar-refractivity contribution is -0.384. The monoisotopic (exact) mass is 383 g/mol. The van der Waals surface area contributed by atoms with Gasteiger partial charge in [0.1, 0.15) is 5.75 Å². The maximum atomic E-state index is 11.7.